The standard InChI is InChI=1S/C15H31N3O/c1-4-14(2)17(3)12-9-16-13-15(19)18-10-7-5-6-8-11-18/h14,16H,4-13H2,1-3H3. The third-order valence-corrected chi connectivity index (χ3v) is 4.22. The van der Waals surface area contributed by atoms with E-state index in [1.807, 2.05) is 4.90 Å². The van der Waals surface area contributed by atoms with E-state index in [0.717, 1.165) is 26.2 Å². The lowest BCUT2D eigenvalue weighted by molar-refractivity contribution is -0.130. The molecule has 0 saturated carbocycles. The Morgan fingerprint density at radius 2 is 1.89 bits per heavy atom. The van der Waals surface area contributed by atoms with Gasteiger partial charge in [0.05, 0.1) is 6.54 Å². The molecule has 1 atom stereocenters. The van der Waals surface area contributed by atoms with Crippen LogP contribution in [0.3, 0.4) is 0 Å². The largest absolute Gasteiger partial charge is 0.342 e. The Morgan fingerprint density at radius 1 is 1.26 bits per heavy atom. The number of carbonyl (C=O) groups excluding carboxylic acids is 1. The molecule has 0 aromatic heterocycles. The number of hydrogen-bond acceptors (Lipinski definition) is 3. The van der Waals surface area contributed by atoms with E-state index in [9.17, 15) is 4.79 Å². The van der Waals surface area contributed by atoms with E-state index in [1.54, 1.807) is 0 Å². The van der Waals surface area contributed by atoms with Gasteiger partial charge in [-0.1, -0.05) is 19.8 Å². The summed E-state index contributed by atoms with van der Waals surface area (Å²) < 4.78 is 0. The highest BCUT2D eigenvalue weighted by molar-refractivity contribution is 5.78. The number of nitrogens with one attached hydrogen (secondary N) is 1. The van der Waals surface area contributed by atoms with Crippen molar-refractivity contribution in [1.29, 1.82) is 0 Å². The zero-order chi connectivity index (χ0) is 14.1. The second kappa shape index (κ2) is 9.32. The normalized spacial score (nSPS) is 18.4. The third kappa shape index (κ3) is 6.39. The van der Waals surface area contributed by atoms with E-state index in [2.05, 4.69) is 31.1 Å². The van der Waals surface area contributed by atoms with E-state index in [0.29, 0.717) is 12.6 Å². The van der Waals surface area contributed by atoms with Crippen molar-refractivity contribution < 1.29 is 4.79 Å². The minimum atomic E-state index is 0.271. The van der Waals surface area contributed by atoms with E-state index >= 15 is 0 Å². The number of carbonyl (C=O) groups is 1. The zero-order valence-corrected chi connectivity index (χ0v) is 13.0. The van der Waals surface area contributed by atoms with Crippen LogP contribution in [0.4, 0.5) is 0 Å². The average Bonchev–Trinajstić information content (AvgIpc) is 2.71. The predicted octanol–water partition coefficient (Wildman–Crippen LogP) is 1.71. The summed E-state index contributed by atoms with van der Waals surface area (Å²) in [7, 11) is 2.15. The van der Waals surface area contributed by atoms with Crippen LogP contribution < -0.4 is 5.32 Å². The summed E-state index contributed by atoms with van der Waals surface area (Å²) in [5, 5.41) is 3.28. The Balaban J connectivity index is 2.12. The lowest BCUT2D eigenvalue weighted by Gasteiger charge is -2.24. The fourth-order valence-corrected chi connectivity index (χ4v) is 2.41. The van der Waals surface area contributed by atoms with Gasteiger partial charge in [0, 0.05) is 32.2 Å². The van der Waals surface area contributed by atoms with Crippen LogP contribution in [0.25, 0.3) is 0 Å². The second-order valence-electron chi connectivity index (χ2n) is 5.71. The molecule has 1 rings (SSSR count). The lowest BCUT2D eigenvalue weighted by Crippen LogP contribution is -2.41. The maximum Gasteiger partial charge on any atom is 0.236 e. The number of likely N-dealkylation sites (tertiary alicyclic amines) is 1. The molecule has 1 aliphatic rings. The van der Waals surface area contributed by atoms with Crippen molar-refractivity contribution in [3.05, 3.63) is 0 Å². The van der Waals surface area contributed by atoms with Gasteiger partial charge in [-0.05, 0) is 33.2 Å². The minimum absolute atomic E-state index is 0.271. The van der Waals surface area contributed by atoms with E-state index in [-0.39, 0.29) is 5.91 Å². The van der Waals surface area contributed by atoms with Gasteiger partial charge in [0.1, 0.15) is 0 Å². The summed E-state index contributed by atoms with van der Waals surface area (Å²) in [6.07, 6.45) is 6.06. The molecule has 0 aromatic carbocycles. The van der Waals surface area contributed by atoms with Gasteiger partial charge in [0.25, 0.3) is 0 Å². The zero-order valence-electron chi connectivity index (χ0n) is 13.0. The van der Waals surface area contributed by atoms with Crippen molar-refractivity contribution in [2.24, 2.45) is 0 Å². The van der Waals surface area contributed by atoms with Crippen LogP contribution in [0.2, 0.25) is 0 Å². The molecule has 1 saturated heterocycles. The number of likely N-dealkylation sites (N-methyl/N-ethyl adjacent to an activating group) is 1. The van der Waals surface area contributed by atoms with E-state index in [4.69, 9.17) is 0 Å². The number of rotatable bonds is 7. The summed E-state index contributed by atoms with van der Waals surface area (Å²) in [5.41, 5.74) is 0. The molecule has 1 aliphatic heterocycles. The van der Waals surface area contributed by atoms with Gasteiger partial charge in [-0.25, -0.2) is 0 Å². The van der Waals surface area contributed by atoms with Gasteiger partial charge in [0.15, 0.2) is 0 Å². The van der Waals surface area contributed by atoms with Crippen LogP contribution in [0.1, 0.15) is 46.0 Å². The van der Waals surface area contributed by atoms with Crippen LogP contribution in [0, 0.1) is 0 Å². The van der Waals surface area contributed by atoms with Gasteiger partial charge in [-0.15, -0.1) is 0 Å². The molecule has 1 N–H and O–H groups in total. The Kier molecular flexibility index (Phi) is 8.07. The third-order valence-electron chi connectivity index (χ3n) is 4.22. The average molecular weight is 269 g/mol. The van der Waals surface area contributed by atoms with Gasteiger partial charge in [-0.2, -0.15) is 0 Å². The molecule has 0 spiro atoms. The first-order valence-electron chi connectivity index (χ1n) is 7.84. The summed E-state index contributed by atoms with van der Waals surface area (Å²) in [5.74, 6) is 0.271. The monoisotopic (exact) mass is 269 g/mol. The summed E-state index contributed by atoms with van der Waals surface area (Å²) in [6.45, 7) is 8.73. The molecule has 0 bridgehead atoms. The SMILES string of the molecule is CCC(C)N(C)CCNCC(=O)N1CCCCCC1. The summed E-state index contributed by atoms with van der Waals surface area (Å²) in [4.78, 5) is 16.4. The molecule has 0 aliphatic carbocycles. The van der Waals surface area contributed by atoms with Gasteiger partial charge in [0.2, 0.25) is 5.91 Å². The Morgan fingerprint density at radius 3 is 2.47 bits per heavy atom. The molecule has 1 amide bonds. The molecule has 0 radical (unpaired) electrons. The highest BCUT2D eigenvalue weighted by Gasteiger charge is 2.14. The Bertz CT molecular complexity index is 250. The van der Waals surface area contributed by atoms with Crippen molar-refractivity contribution in [2.45, 2.75) is 52.0 Å². The molecule has 0 aromatic rings. The highest BCUT2D eigenvalue weighted by Crippen LogP contribution is 2.09. The van der Waals surface area contributed by atoms with Crippen molar-refractivity contribution in [2.75, 3.05) is 39.8 Å². The fraction of sp³-hybridized carbons (Fsp3) is 0.933. The molecular formula is C15H31N3O. The van der Waals surface area contributed by atoms with Crippen LogP contribution in [-0.2, 0) is 4.79 Å². The first kappa shape index (κ1) is 16.4. The van der Waals surface area contributed by atoms with E-state index < -0.39 is 0 Å². The molecule has 19 heavy (non-hydrogen) atoms. The number of amides is 1. The van der Waals surface area contributed by atoms with Crippen molar-refractivity contribution in [3.8, 4) is 0 Å². The topological polar surface area (TPSA) is 35.6 Å². The molecule has 1 unspecified atom stereocenters. The second-order valence-corrected chi connectivity index (χ2v) is 5.71. The smallest absolute Gasteiger partial charge is 0.236 e. The van der Waals surface area contributed by atoms with Gasteiger partial charge < -0.3 is 15.1 Å². The maximum atomic E-state index is 12.0. The quantitative estimate of drug-likeness (QED) is 0.715. The summed E-state index contributed by atoms with van der Waals surface area (Å²) in [6, 6.07) is 0.614. The number of hydrogen-bond donors (Lipinski definition) is 1. The fourth-order valence-electron chi connectivity index (χ4n) is 2.41. The minimum Gasteiger partial charge on any atom is -0.342 e. The number of nitrogens with zero attached hydrogens (tertiary/aromatic N) is 2. The van der Waals surface area contributed by atoms with Crippen LogP contribution in [-0.4, -0.2) is 61.5 Å². The van der Waals surface area contributed by atoms with Crippen molar-refractivity contribution in [3.63, 3.8) is 0 Å². The molecule has 1 fully saturated rings. The van der Waals surface area contributed by atoms with Crippen molar-refractivity contribution >= 4 is 5.91 Å². The molecule has 1 heterocycles. The van der Waals surface area contributed by atoms with Crippen LogP contribution in [0.15, 0.2) is 0 Å². The Hall–Kier alpha value is -0.610. The summed E-state index contributed by atoms with van der Waals surface area (Å²) >= 11 is 0. The lowest BCUT2D eigenvalue weighted by atomic mass is 10.2. The molecule has 4 heteroatoms. The van der Waals surface area contributed by atoms with Crippen LogP contribution in [0.5, 0.6) is 0 Å². The van der Waals surface area contributed by atoms with Gasteiger partial charge in [-0.3, -0.25) is 4.79 Å². The molecular weight excluding hydrogens is 238 g/mol. The van der Waals surface area contributed by atoms with Gasteiger partial charge >= 0.3 is 0 Å². The molecule has 112 valence electrons. The maximum absolute atomic E-state index is 12.0. The predicted molar refractivity (Wildman–Crippen MR) is 80.3 cm³/mol. The first-order chi connectivity index (χ1) is 9.15. The van der Waals surface area contributed by atoms with Crippen molar-refractivity contribution in [1.82, 2.24) is 15.1 Å². The highest BCUT2D eigenvalue weighted by atomic mass is 16.2. The van der Waals surface area contributed by atoms with Crippen LogP contribution >= 0.6 is 0 Å². The first-order valence-corrected chi connectivity index (χ1v) is 7.84. The molecule has 4 nitrogen and oxygen atoms in total. The van der Waals surface area contributed by atoms with E-state index in [1.165, 1.54) is 32.1 Å². The Labute approximate surface area is 118 Å².